The Morgan fingerprint density at radius 2 is 1.92 bits per heavy atom. The average Bonchev–Trinajstić information content (AvgIpc) is 3.27. The Bertz CT molecular complexity index is 925. The molecule has 26 heavy (non-hydrogen) atoms. The zero-order valence-corrected chi connectivity index (χ0v) is 15.0. The molecule has 4 rings (SSSR count). The number of anilines is 2. The van der Waals surface area contributed by atoms with Crippen molar-refractivity contribution in [3.05, 3.63) is 35.3 Å². The molecule has 3 heterocycles. The Kier molecular flexibility index (Phi) is 4.29. The van der Waals surface area contributed by atoms with Crippen LogP contribution in [0.2, 0.25) is 0 Å². The molecule has 1 N–H and O–H groups in total. The second-order valence-corrected chi connectivity index (χ2v) is 6.82. The Morgan fingerprint density at radius 1 is 1.15 bits per heavy atom. The van der Waals surface area contributed by atoms with E-state index in [9.17, 15) is 9.59 Å². The zero-order chi connectivity index (χ0) is 18.1. The van der Waals surface area contributed by atoms with Gasteiger partial charge in [-0.25, -0.2) is 4.98 Å². The Labute approximate surface area is 153 Å². The van der Waals surface area contributed by atoms with Crippen molar-refractivity contribution in [2.24, 2.45) is 0 Å². The normalized spacial score (nSPS) is 14.7. The minimum absolute atomic E-state index is 0.130. The first-order chi connectivity index (χ1) is 12.6. The number of para-hydroxylation sites is 2. The largest absolute Gasteiger partial charge is 0.423 e. The summed E-state index contributed by atoms with van der Waals surface area (Å²) in [7, 11) is 0. The first-order valence-electron chi connectivity index (χ1n) is 8.23. The van der Waals surface area contributed by atoms with Crippen LogP contribution in [-0.2, 0) is 4.79 Å². The lowest BCUT2D eigenvalue weighted by Gasteiger charge is -2.33. The molecule has 0 aliphatic carbocycles. The van der Waals surface area contributed by atoms with Crippen LogP contribution >= 0.6 is 11.3 Å². The fourth-order valence-electron chi connectivity index (χ4n) is 2.84. The number of hydrogen-bond donors (Lipinski definition) is 1. The summed E-state index contributed by atoms with van der Waals surface area (Å²) in [5.74, 6) is -0.333. The smallest absolute Gasteiger partial charge is 0.298 e. The Hall–Kier alpha value is -2.94. The first kappa shape index (κ1) is 16.5. The number of nitrogens with zero attached hydrogens (tertiary/aromatic N) is 4. The standard InChI is InChI=1S/C17H17N5O3S/c1-11(23)18-16-19-13(10-26-16)15(24)21-6-8-22(9-7-21)17-20-12-4-2-3-5-14(12)25-17/h2-5,10H,6-9H2,1H3,(H,18,19,23). The molecule has 1 aliphatic heterocycles. The van der Waals surface area contributed by atoms with Gasteiger partial charge in [0.25, 0.3) is 11.9 Å². The predicted molar refractivity (Wildman–Crippen MR) is 98.5 cm³/mol. The van der Waals surface area contributed by atoms with E-state index in [0.29, 0.717) is 43.0 Å². The number of thiazole rings is 1. The van der Waals surface area contributed by atoms with Crippen molar-refractivity contribution in [3.8, 4) is 0 Å². The van der Waals surface area contributed by atoms with Crippen molar-refractivity contribution < 1.29 is 14.0 Å². The highest BCUT2D eigenvalue weighted by Crippen LogP contribution is 2.23. The molecule has 9 heteroatoms. The number of carbonyl (C=O) groups is 2. The van der Waals surface area contributed by atoms with E-state index in [1.54, 1.807) is 10.3 Å². The highest BCUT2D eigenvalue weighted by molar-refractivity contribution is 7.14. The van der Waals surface area contributed by atoms with Gasteiger partial charge in [0.1, 0.15) is 11.2 Å². The van der Waals surface area contributed by atoms with E-state index >= 15 is 0 Å². The van der Waals surface area contributed by atoms with E-state index in [4.69, 9.17) is 4.42 Å². The SMILES string of the molecule is CC(=O)Nc1nc(C(=O)N2CCN(c3nc4ccccc4o3)CC2)cs1. The van der Waals surface area contributed by atoms with Crippen LogP contribution in [-0.4, -0.2) is 52.9 Å². The molecule has 3 aromatic rings. The van der Waals surface area contributed by atoms with Gasteiger partial charge >= 0.3 is 0 Å². The quantitative estimate of drug-likeness (QED) is 0.759. The zero-order valence-electron chi connectivity index (χ0n) is 14.1. The third-order valence-electron chi connectivity index (χ3n) is 4.13. The molecular weight excluding hydrogens is 354 g/mol. The van der Waals surface area contributed by atoms with Crippen molar-refractivity contribution >= 4 is 45.4 Å². The number of amides is 2. The summed E-state index contributed by atoms with van der Waals surface area (Å²) in [4.78, 5) is 36.1. The minimum atomic E-state index is -0.203. The number of hydrogen-bond acceptors (Lipinski definition) is 7. The van der Waals surface area contributed by atoms with Gasteiger partial charge in [0.2, 0.25) is 5.91 Å². The van der Waals surface area contributed by atoms with Crippen LogP contribution in [0.1, 0.15) is 17.4 Å². The fraction of sp³-hybridized carbons (Fsp3) is 0.294. The van der Waals surface area contributed by atoms with Crippen LogP contribution < -0.4 is 10.2 Å². The number of nitrogens with one attached hydrogen (secondary N) is 1. The number of carbonyl (C=O) groups excluding carboxylic acids is 2. The maximum Gasteiger partial charge on any atom is 0.298 e. The van der Waals surface area contributed by atoms with E-state index in [1.807, 2.05) is 29.2 Å². The summed E-state index contributed by atoms with van der Waals surface area (Å²) in [6.07, 6.45) is 0. The number of benzene rings is 1. The molecule has 1 fully saturated rings. The average molecular weight is 371 g/mol. The molecule has 1 saturated heterocycles. The van der Waals surface area contributed by atoms with Crippen LogP contribution in [0.25, 0.3) is 11.1 Å². The predicted octanol–water partition coefficient (Wildman–Crippen LogP) is 2.21. The molecule has 0 atom stereocenters. The van der Waals surface area contributed by atoms with E-state index < -0.39 is 0 Å². The molecular formula is C17H17N5O3S. The van der Waals surface area contributed by atoms with Gasteiger partial charge in [-0.2, -0.15) is 4.98 Å². The van der Waals surface area contributed by atoms with Gasteiger partial charge in [-0.1, -0.05) is 12.1 Å². The van der Waals surface area contributed by atoms with Crippen molar-refractivity contribution in [3.63, 3.8) is 0 Å². The second kappa shape index (κ2) is 6.75. The number of fused-ring (bicyclic) bond motifs is 1. The summed E-state index contributed by atoms with van der Waals surface area (Å²) in [6.45, 7) is 3.81. The molecule has 0 saturated carbocycles. The summed E-state index contributed by atoms with van der Waals surface area (Å²) in [6, 6.07) is 8.22. The number of oxazole rings is 1. The number of piperazine rings is 1. The lowest BCUT2D eigenvalue weighted by molar-refractivity contribution is -0.114. The van der Waals surface area contributed by atoms with Gasteiger partial charge in [-0.15, -0.1) is 11.3 Å². The molecule has 1 aliphatic rings. The molecule has 0 unspecified atom stereocenters. The number of aromatic nitrogens is 2. The molecule has 0 bridgehead atoms. The van der Waals surface area contributed by atoms with Crippen LogP contribution in [0.5, 0.6) is 0 Å². The lowest BCUT2D eigenvalue weighted by atomic mass is 10.3. The van der Waals surface area contributed by atoms with Crippen LogP contribution in [0, 0.1) is 0 Å². The topological polar surface area (TPSA) is 91.6 Å². The number of rotatable bonds is 3. The summed E-state index contributed by atoms with van der Waals surface area (Å²) < 4.78 is 5.79. The van der Waals surface area contributed by atoms with Crippen LogP contribution in [0.4, 0.5) is 11.1 Å². The summed E-state index contributed by atoms with van der Waals surface area (Å²) in [5.41, 5.74) is 1.94. The minimum Gasteiger partial charge on any atom is -0.423 e. The third-order valence-corrected chi connectivity index (χ3v) is 4.88. The van der Waals surface area contributed by atoms with E-state index in [2.05, 4.69) is 15.3 Å². The molecule has 134 valence electrons. The lowest BCUT2D eigenvalue weighted by Crippen LogP contribution is -2.49. The second-order valence-electron chi connectivity index (χ2n) is 5.96. The molecule has 0 spiro atoms. The van der Waals surface area contributed by atoms with Gasteiger partial charge in [0, 0.05) is 38.5 Å². The Balaban J connectivity index is 1.40. The highest BCUT2D eigenvalue weighted by Gasteiger charge is 2.26. The van der Waals surface area contributed by atoms with E-state index in [0.717, 1.165) is 11.1 Å². The molecule has 2 aromatic heterocycles. The molecule has 0 radical (unpaired) electrons. The van der Waals surface area contributed by atoms with Gasteiger partial charge in [0.15, 0.2) is 10.7 Å². The summed E-state index contributed by atoms with van der Waals surface area (Å²) >= 11 is 1.24. The van der Waals surface area contributed by atoms with Crippen LogP contribution in [0.3, 0.4) is 0 Å². The maximum atomic E-state index is 12.6. The van der Waals surface area contributed by atoms with Crippen molar-refractivity contribution in [2.75, 3.05) is 36.4 Å². The van der Waals surface area contributed by atoms with Crippen molar-refractivity contribution in [1.82, 2.24) is 14.9 Å². The van der Waals surface area contributed by atoms with E-state index in [1.165, 1.54) is 18.3 Å². The molecule has 2 amide bonds. The summed E-state index contributed by atoms with van der Waals surface area (Å²) in [5, 5.41) is 4.70. The fourth-order valence-corrected chi connectivity index (χ4v) is 3.57. The third kappa shape index (κ3) is 3.25. The molecule has 1 aromatic carbocycles. The first-order valence-corrected chi connectivity index (χ1v) is 9.11. The van der Waals surface area contributed by atoms with Crippen molar-refractivity contribution in [2.45, 2.75) is 6.92 Å². The van der Waals surface area contributed by atoms with Crippen LogP contribution in [0.15, 0.2) is 34.1 Å². The monoisotopic (exact) mass is 371 g/mol. The van der Waals surface area contributed by atoms with E-state index in [-0.39, 0.29) is 11.8 Å². The molecule has 8 nitrogen and oxygen atoms in total. The van der Waals surface area contributed by atoms with Gasteiger partial charge in [-0.3, -0.25) is 9.59 Å². The van der Waals surface area contributed by atoms with Crippen molar-refractivity contribution in [1.29, 1.82) is 0 Å². The maximum absolute atomic E-state index is 12.6. The highest BCUT2D eigenvalue weighted by atomic mass is 32.1. The van der Waals surface area contributed by atoms with Gasteiger partial charge in [0.05, 0.1) is 0 Å². The Morgan fingerprint density at radius 3 is 2.65 bits per heavy atom. The van der Waals surface area contributed by atoms with Gasteiger partial charge in [-0.05, 0) is 12.1 Å². The van der Waals surface area contributed by atoms with Gasteiger partial charge < -0.3 is 19.5 Å².